The van der Waals surface area contributed by atoms with Crippen LogP contribution in [0.5, 0.6) is 0 Å². The van der Waals surface area contributed by atoms with Gasteiger partial charge in [0.25, 0.3) is 0 Å². The molecule has 2 aromatic rings. The van der Waals surface area contributed by atoms with Gasteiger partial charge in [0.05, 0.1) is 0 Å². The summed E-state index contributed by atoms with van der Waals surface area (Å²) < 4.78 is 1.76. The van der Waals surface area contributed by atoms with Crippen molar-refractivity contribution in [3.63, 3.8) is 0 Å². The summed E-state index contributed by atoms with van der Waals surface area (Å²) in [5, 5.41) is 3.67. The molecule has 0 unspecified atom stereocenters. The third-order valence-corrected chi connectivity index (χ3v) is 3.05. The molecular weight excluding hydrogens is 236 g/mol. The summed E-state index contributed by atoms with van der Waals surface area (Å²) in [5.41, 5.74) is 0. The summed E-state index contributed by atoms with van der Waals surface area (Å²) >= 11 is 1.63. The van der Waals surface area contributed by atoms with Crippen LogP contribution in [0, 0.1) is 0 Å². The molecule has 7 heteroatoms. The Morgan fingerprint density at radius 3 is 2.88 bits per heavy atom. The molecule has 0 aliphatic rings. The Balaban J connectivity index is 2.32. The zero-order valence-electron chi connectivity index (χ0n) is 9.79. The maximum atomic E-state index is 4.39. The second-order valence-electron chi connectivity index (χ2n) is 3.31. The average Bonchev–Trinajstić information content (AvgIpc) is 2.89. The van der Waals surface area contributed by atoms with E-state index in [0.717, 1.165) is 17.3 Å². The Bertz CT molecular complexity index is 470. The predicted octanol–water partition coefficient (Wildman–Crippen LogP) is 1.60. The Labute approximate surface area is 104 Å². The normalized spacial score (nSPS) is 10.5. The maximum Gasteiger partial charge on any atom is 0.240 e. The van der Waals surface area contributed by atoms with Gasteiger partial charge in [0.2, 0.25) is 11.9 Å². The largest absolute Gasteiger partial charge is 0.357 e. The van der Waals surface area contributed by atoms with Crippen LogP contribution < -0.4 is 5.32 Å². The molecule has 0 atom stereocenters. The summed E-state index contributed by atoms with van der Waals surface area (Å²) in [6, 6.07) is 0. The third kappa shape index (κ3) is 2.94. The van der Waals surface area contributed by atoms with Gasteiger partial charge in [-0.15, -0.1) is 0 Å². The minimum atomic E-state index is 0.572. The van der Waals surface area contributed by atoms with E-state index in [-0.39, 0.29) is 0 Å². The number of aromatic nitrogens is 5. The lowest BCUT2D eigenvalue weighted by Gasteiger charge is -2.05. The molecule has 0 spiro atoms. The van der Waals surface area contributed by atoms with Crippen molar-refractivity contribution in [1.82, 2.24) is 24.5 Å². The van der Waals surface area contributed by atoms with Gasteiger partial charge >= 0.3 is 0 Å². The van der Waals surface area contributed by atoms with Crippen molar-refractivity contribution in [1.29, 1.82) is 0 Å². The summed E-state index contributed by atoms with van der Waals surface area (Å²) in [5.74, 6) is 2.15. The summed E-state index contributed by atoms with van der Waals surface area (Å²) in [6.45, 7) is 2.13. The van der Waals surface area contributed by atoms with E-state index in [1.807, 2.05) is 6.20 Å². The van der Waals surface area contributed by atoms with Crippen LogP contribution in [0.1, 0.15) is 13.3 Å². The fourth-order valence-corrected chi connectivity index (χ4v) is 1.89. The van der Waals surface area contributed by atoms with Gasteiger partial charge in [0, 0.05) is 25.2 Å². The highest BCUT2D eigenvalue weighted by atomic mass is 32.2. The standard InChI is InChI=1S/C10H14N6S/c1-3-6-17-10-14-8(11-2)13-9(15-10)16-5-4-12-7-16/h4-5,7H,3,6H2,1-2H3,(H,11,13,14,15). The van der Waals surface area contributed by atoms with Crippen LogP contribution in [-0.2, 0) is 0 Å². The lowest BCUT2D eigenvalue weighted by molar-refractivity contribution is 0.827. The molecule has 0 amide bonds. The van der Waals surface area contributed by atoms with Crippen LogP contribution >= 0.6 is 11.8 Å². The van der Waals surface area contributed by atoms with Gasteiger partial charge in [0.15, 0.2) is 5.16 Å². The van der Waals surface area contributed by atoms with Gasteiger partial charge in [-0.1, -0.05) is 18.7 Å². The smallest absolute Gasteiger partial charge is 0.240 e. The number of anilines is 1. The molecule has 17 heavy (non-hydrogen) atoms. The minimum absolute atomic E-state index is 0.572. The highest BCUT2D eigenvalue weighted by Crippen LogP contribution is 2.16. The molecule has 0 bridgehead atoms. The lowest BCUT2D eigenvalue weighted by atomic mass is 10.6. The van der Waals surface area contributed by atoms with Crippen LogP contribution in [0.2, 0.25) is 0 Å². The molecule has 0 aliphatic carbocycles. The van der Waals surface area contributed by atoms with Crippen LogP contribution in [0.3, 0.4) is 0 Å². The van der Waals surface area contributed by atoms with Crippen LogP contribution in [-0.4, -0.2) is 37.3 Å². The number of nitrogens with one attached hydrogen (secondary N) is 1. The summed E-state index contributed by atoms with van der Waals surface area (Å²) in [7, 11) is 1.79. The van der Waals surface area contributed by atoms with Gasteiger partial charge in [-0.2, -0.15) is 15.0 Å². The number of hydrogen-bond donors (Lipinski definition) is 1. The van der Waals surface area contributed by atoms with E-state index in [2.05, 4.69) is 32.2 Å². The lowest BCUT2D eigenvalue weighted by Crippen LogP contribution is -2.06. The molecule has 0 saturated carbocycles. The fraction of sp³-hybridized carbons (Fsp3) is 0.400. The van der Waals surface area contributed by atoms with E-state index in [4.69, 9.17) is 0 Å². The van der Waals surface area contributed by atoms with Gasteiger partial charge in [-0.25, -0.2) is 4.98 Å². The molecule has 90 valence electrons. The van der Waals surface area contributed by atoms with Gasteiger partial charge in [-0.3, -0.25) is 4.57 Å². The van der Waals surface area contributed by atoms with Crippen molar-refractivity contribution in [2.45, 2.75) is 18.5 Å². The first-order chi connectivity index (χ1) is 8.33. The molecular formula is C10H14N6S. The van der Waals surface area contributed by atoms with E-state index >= 15 is 0 Å². The SMILES string of the molecule is CCCSc1nc(NC)nc(-n2ccnc2)n1. The Hall–Kier alpha value is -1.63. The summed E-state index contributed by atoms with van der Waals surface area (Å²) in [6.07, 6.45) is 6.26. The minimum Gasteiger partial charge on any atom is -0.357 e. The first-order valence-electron chi connectivity index (χ1n) is 5.38. The molecule has 0 aromatic carbocycles. The third-order valence-electron chi connectivity index (χ3n) is 2.00. The highest BCUT2D eigenvalue weighted by Gasteiger charge is 2.07. The monoisotopic (exact) mass is 250 g/mol. The number of hydrogen-bond acceptors (Lipinski definition) is 6. The van der Waals surface area contributed by atoms with E-state index < -0.39 is 0 Å². The van der Waals surface area contributed by atoms with E-state index in [1.54, 1.807) is 35.9 Å². The van der Waals surface area contributed by atoms with Gasteiger partial charge < -0.3 is 5.32 Å². The molecule has 2 rings (SSSR count). The van der Waals surface area contributed by atoms with Crippen molar-refractivity contribution in [3.05, 3.63) is 18.7 Å². The zero-order chi connectivity index (χ0) is 12.1. The van der Waals surface area contributed by atoms with E-state index in [9.17, 15) is 0 Å². The molecule has 0 radical (unpaired) electrons. The number of rotatable bonds is 5. The van der Waals surface area contributed by atoms with Crippen molar-refractivity contribution in [2.24, 2.45) is 0 Å². The second-order valence-corrected chi connectivity index (χ2v) is 4.37. The Morgan fingerprint density at radius 2 is 2.24 bits per heavy atom. The fourth-order valence-electron chi connectivity index (χ4n) is 1.21. The molecule has 0 saturated heterocycles. The zero-order valence-corrected chi connectivity index (χ0v) is 10.6. The van der Waals surface area contributed by atoms with Crippen LogP contribution in [0.4, 0.5) is 5.95 Å². The Morgan fingerprint density at radius 1 is 1.35 bits per heavy atom. The van der Waals surface area contributed by atoms with Crippen molar-refractivity contribution < 1.29 is 0 Å². The predicted molar refractivity (Wildman–Crippen MR) is 67.5 cm³/mol. The molecule has 2 aromatic heterocycles. The molecule has 0 fully saturated rings. The summed E-state index contributed by atoms with van der Waals surface area (Å²) in [4.78, 5) is 16.9. The highest BCUT2D eigenvalue weighted by molar-refractivity contribution is 7.99. The second kappa shape index (κ2) is 5.62. The van der Waals surface area contributed by atoms with E-state index in [1.165, 1.54) is 0 Å². The first-order valence-corrected chi connectivity index (χ1v) is 6.37. The molecule has 6 nitrogen and oxygen atoms in total. The molecule has 1 N–H and O–H groups in total. The quantitative estimate of drug-likeness (QED) is 0.813. The van der Waals surface area contributed by atoms with E-state index in [0.29, 0.717) is 11.9 Å². The van der Waals surface area contributed by atoms with Crippen molar-refractivity contribution >= 4 is 17.7 Å². The van der Waals surface area contributed by atoms with Gasteiger partial charge in [0.1, 0.15) is 6.33 Å². The maximum absolute atomic E-state index is 4.39. The average molecular weight is 250 g/mol. The number of imidazole rings is 1. The Kier molecular flexibility index (Phi) is 3.92. The number of nitrogens with zero attached hydrogens (tertiary/aromatic N) is 5. The molecule has 2 heterocycles. The van der Waals surface area contributed by atoms with Crippen molar-refractivity contribution in [2.75, 3.05) is 18.1 Å². The first kappa shape index (κ1) is 11.8. The van der Waals surface area contributed by atoms with Gasteiger partial charge in [-0.05, 0) is 6.42 Å². The van der Waals surface area contributed by atoms with Crippen LogP contribution in [0.25, 0.3) is 5.95 Å². The van der Waals surface area contributed by atoms with Crippen LogP contribution in [0.15, 0.2) is 23.9 Å². The topological polar surface area (TPSA) is 68.5 Å². The molecule has 0 aliphatic heterocycles. The van der Waals surface area contributed by atoms with Crippen molar-refractivity contribution in [3.8, 4) is 5.95 Å². The number of thioether (sulfide) groups is 1.